The number of ketones is 1. The highest BCUT2D eigenvalue weighted by Gasteiger charge is 2.13. The molecule has 0 aliphatic rings. The number of pyridine rings is 1. The second kappa shape index (κ2) is 5.81. The summed E-state index contributed by atoms with van der Waals surface area (Å²) in [7, 11) is 1.96. The van der Waals surface area contributed by atoms with Crippen LogP contribution < -0.4 is 5.32 Å². The van der Waals surface area contributed by atoms with Gasteiger partial charge in [-0.25, -0.2) is 0 Å². The van der Waals surface area contributed by atoms with Crippen molar-refractivity contribution in [3.8, 4) is 0 Å². The highest BCUT2D eigenvalue weighted by atomic mass is 16.1. The minimum absolute atomic E-state index is 0.0692. The Morgan fingerprint density at radius 1 is 1.08 bits per heavy atom. The first kappa shape index (κ1) is 14.5. The number of aromatic nitrogens is 2. The average molecular weight is 315 g/mol. The number of Topliss-reactive ketones (excluding diaryl/α,β-unsaturated/α-hetero) is 1. The van der Waals surface area contributed by atoms with E-state index in [1.54, 1.807) is 6.20 Å². The van der Waals surface area contributed by atoms with E-state index in [4.69, 9.17) is 0 Å². The van der Waals surface area contributed by atoms with Crippen molar-refractivity contribution in [2.45, 2.75) is 0 Å². The fourth-order valence-corrected chi connectivity index (χ4v) is 3.08. The van der Waals surface area contributed by atoms with Gasteiger partial charge in [0.25, 0.3) is 0 Å². The van der Waals surface area contributed by atoms with Crippen molar-refractivity contribution < 1.29 is 4.79 Å². The van der Waals surface area contributed by atoms with Crippen LogP contribution in [0.3, 0.4) is 0 Å². The molecule has 0 radical (unpaired) electrons. The maximum absolute atomic E-state index is 12.7. The lowest BCUT2D eigenvalue weighted by atomic mass is 10.1. The Balaban J connectivity index is 1.62. The summed E-state index contributed by atoms with van der Waals surface area (Å²) in [5, 5.41) is 5.28. The second-order valence-electron chi connectivity index (χ2n) is 5.83. The number of anilines is 1. The normalized spacial score (nSPS) is 11.0. The third kappa shape index (κ3) is 2.42. The van der Waals surface area contributed by atoms with E-state index in [-0.39, 0.29) is 12.3 Å². The van der Waals surface area contributed by atoms with E-state index in [0.717, 1.165) is 33.1 Å². The van der Waals surface area contributed by atoms with Gasteiger partial charge in [0.05, 0.1) is 17.7 Å². The molecule has 2 aromatic heterocycles. The molecule has 0 fully saturated rings. The molecule has 4 heteroatoms. The van der Waals surface area contributed by atoms with E-state index in [1.807, 2.05) is 72.4 Å². The van der Waals surface area contributed by atoms with Crippen LogP contribution in [-0.2, 0) is 7.05 Å². The zero-order valence-electron chi connectivity index (χ0n) is 13.4. The van der Waals surface area contributed by atoms with Crippen LogP contribution in [0.4, 0.5) is 5.69 Å². The molecule has 0 bridgehead atoms. The molecule has 4 nitrogen and oxygen atoms in total. The minimum Gasteiger partial charge on any atom is -0.376 e. The Hall–Kier alpha value is -3.14. The predicted molar refractivity (Wildman–Crippen MR) is 97.5 cm³/mol. The van der Waals surface area contributed by atoms with E-state index >= 15 is 0 Å². The van der Waals surface area contributed by atoms with Crippen LogP contribution >= 0.6 is 0 Å². The number of para-hydroxylation sites is 2. The van der Waals surface area contributed by atoms with E-state index in [2.05, 4.69) is 10.3 Å². The topological polar surface area (TPSA) is 46.9 Å². The largest absolute Gasteiger partial charge is 0.376 e. The maximum atomic E-state index is 12.7. The quantitative estimate of drug-likeness (QED) is 0.579. The van der Waals surface area contributed by atoms with E-state index in [1.165, 1.54) is 0 Å². The van der Waals surface area contributed by atoms with Crippen LogP contribution in [0.5, 0.6) is 0 Å². The fourth-order valence-electron chi connectivity index (χ4n) is 3.08. The Labute approximate surface area is 139 Å². The summed E-state index contributed by atoms with van der Waals surface area (Å²) in [5.74, 6) is 0.0692. The van der Waals surface area contributed by atoms with Gasteiger partial charge in [0, 0.05) is 41.3 Å². The van der Waals surface area contributed by atoms with Gasteiger partial charge in [-0.3, -0.25) is 9.78 Å². The first-order chi connectivity index (χ1) is 11.7. The molecular weight excluding hydrogens is 298 g/mol. The van der Waals surface area contributed by atoms with Gasteiger partial charge in [0.1, 0.15) is 0 Å². The highest BCUT2D eigenvalue weighted by Crippen LogP contribution is 2.23. The SMILES string of the molecule is Cn1cc(C(=O)CNc2cccc3cccnc23)c2ccccc21. The lowest BCUT2D eigenvalue weighted by Gasteiger charge is -2.08. The van der Waals surface area contributed by atoms with Crippen LogP contribution in [0.2, 0.25) is 0 Å². The molecule has 0 saturated carbocycles. The van der Waals surface area contributed by atoms with Crippen molar-refractivity contribution >= 4 is 33.3 Å². The summed E-state index contributed by atoms with van der Waals surface area (Å²) >= 11 is 0. The summed E-state index contributed by atoms with van der Waals surface area (Å²) in [6, 6.07) is 17.8. The molecule has 0 unspecified atom stereocenters. The first-order valence-corrected chi connectivity index (χ1v) is 7.89. The van der Waals surface area contributed by atoms with Crippen LogP contribution in [0, 0.1) is 0 Å². The zero-order valence-corrected chi connectivity index (χ0v) is 13.4. The zero-order chi connectivity index (χ0) is 16.5. The van der Waals surface area contributed by atoms with Crippen molar-refractivity contribution in [2.75, 3.05) is 11.9 Å². The predicted octanol–water partition coefficient (Wildman–Crippen LogP) is 4.02. The summed E-state index contributed by atoms with van der Waals surface area (Å²) in [6.07, 6.45) is 3.66. The number of carbonyl (C=O) groups is 1. The van der Waals surface area contributed by atoms with Gasteiger partial charge < -0.3 is 9.88 Å². The molecule has 4 rings (SSSR count). The van der Waals surface area contributed by atoms with E-state index in [9.17, 15) is 4.79 Å². The monoisotopic (exact) mass is 315 g/mol. The lowest BCUT2D eigenvalue weighted by Crippen LogP contribution is -2.14. The number of aryl methyl sites for hydroxylation is 1. The number of hydrogen-bond donors (Lipinski definition) is 1. The molecule has 0 saturated heterocycles. The number of nitrogens with zero attached hydrogens (tertiary/aromatic N) is 2. The standard InChI is InChI=1S/C20H17N3O/c1-23-13-16(15-8-2-3-10-18(15)23)19(24)12-22-17-9-4-6-14-7-5-11-21-20(14)17/h2-11,13,22H,12H2,1H3. The lowest BCUT2D eigenvalue weighted by molar-refractivity contribution is 0.101. The molecule has 0 aliphatic heterocycles. The molecule has 4 aromatic rings. The van der Waals surface area contributed by atoms with E-state index in [0.29, 0.717) is 0 Å². The van der Waals surface area contributed by atoms with Gasteiger partial charge in [0.15, 0.2) is 5.78 Å². The van der Waals surface area contributed by atoms with Crippen LogP contribution in [0.15, 0.2) is 67.0 Å². The van der Waals surface area contributed by atoms with Crippen LogP contribution in [0.25, 0.3) is 21.8 Å². The molecule has 24 heavy (non-hydrogen) atoms. The van der Waals surface area contributed by atoms with Gasteiger partial charge in [-0.1, -0.05) is 36.4 Å². The van der Waals surface area contributed by atoms with Gasteiger partial charge in [-0.05, 0) is 18.2 Å². The Morgan fingerprint density at radius 2 is 1.92 bits per heavy atom. The molecule has 0 aliphatic carbocycles. The van der Waals surface area contributed by atoms with Crippen molar-refractivity contribution in [2.24, 2.45) is 7.05 Å². The Bertz CT molecular complexity index is 1040. The van der Waals surface area contributed by atoms with Crippen LogP contribution in [-0.4, -0.2) is 21.9 Å². The number of rotatable bonds is 4. The maximum Gasteiger partial charge on any atom is 0.184 e. The van der Waals surface area contributed by atoms with Gasteiger partial charge in [0.2, 0.25) is 0 Å². The smallest absolute Gasteiger partial charge is 0.184 e. The summed E-state index contributed by atoms with van der Waals surface area (Å²) in [5.41, 5.74) is 3.56. The average Bonchev–Trinajstić information content (AvgIpc) is 2.97. The third-order valence-electron chi connectivity index (χ3n) is 4.27. The molecule has 2 heterocycles. The summed E-state index contributed by atoms with van der Waals surface area (Å²) < 4.78 is 1.99. The highest BCUT2D eigenvalue weighted by molar-refractivity contribution is 6.10. The fraction of sp³-hybridized carbons (Fsp3) is 0.100. The van der Waals surface area contributed by atoms with E-state index < -0.39 is 0 Å². The van der Waals surface area contributed by atoms with Crippen molar-refractivity contribution in [1.82, 2.24) is 9.55 Å². The molecule has 118 valence electrons. The molecule has 1 N–H and O–H groups in total. The van der Waals surface area contributed by atoms with Gasteiger partial charge >= 0.3 is 0 Å². The summed E-state index contributed by atoms with van der Waals surface area (Å²) in [6.45, 7) is 0.240. The van der Waals surface area contributed by atoms with Crippen molar-refractivity contribution in [3.05, 3.63) is 72.6 Å². The number of nitrogens with one attached hydrogen (secondary N) is 1. The molecule has 2 aromatic carbocycles. The van der Waals surface area contributed by atoms with Crippen molar-refractivity contribution in [1.29, 1.82) is 0 Å². The van der Waals surface area contributed by atoms with Gasteiger partial charge in [-0.2, -0.15) is 0 Å². The third-order valence-corrected chi connectivity index (χ3v) is 4.27. The van der Waals surface area contributed by atoms with Gasteiger partial charge in [-0.15, -0.1) is 0 Å². The molecular formula is C20H17N3O. The van der Waals surface area contributed by atoms with Crippen LogP contribution in [0.1, 0.15) is 10.4 Å². The second-order valence-corrected chi connectivity index (χ2v) is 5.83. The molecule has 0 spiro atoms. The number of benzene rings is 2. The molecule has 0 atom stereocenters. The number of hydrogen-bond acceptors (Lipinski definition) is 3. The Kier molecular flexibility index (Phi) is 3.50. The Morgan fingerprint density at radius 3 is 2.83 bits per heavy atom. The summed E-state index contributed by atoms with van der Waals surface area (Å²) in [4.78, 5) is 17.1. The number of carbonyl (C=O) groups excluding carboxylic acids is 1. The first-order valence-electron chi connectivity index (χ1n) is 7.89. The number of fused-ring (bicyclic) bond motifs is 2. The van der Waals surface area contributed by atoms with Crippen molar-refractivity contribution in [3.63, 3.8) is 0 Å². The molecule has 0 amide bonds. The minimum atomic E-state index is 0.0692.